The third kappa shape index (κ3) is 4.71. The number of carbonyl (C=O) groups excluding carboxylic acids is 1. The maximum atomic E-state index is 14.0. The highest BCUT2D eigenvalue weighted by atomic mass is 32.1. The van der Waals surface area contributed by atoms with Crippen molar-refractivity contribution >= 4 is 29.3 Å². The van der Waals surface area contributed by atoms with E-state index >= 15 is 0 Å². The van der Waals surface area contributed by atoms with Crippen molar-refractivity contribution in [1.82, 2.24) is 14.9 Å². The fourth-order valence-electron chi connectivity index (χ4n) is 3.37. The summed E-state index contributed by atoms with van der Waals surface area (Å²) in [7, 11) is 0. The number of H-pyrrole nitrogens is 1. The Morgan fingerprint density at radius 3 is 2.63 bits per heavy atom. The first-order chi connectivity index (χ1) is 14.0. The van der Waals surface area contributed by atoms with Crippen LogP contribution in [0.5, 0.6) is 0 Å². The highest BCUT2D eigenvalue weighted by Gasteiger charge is 2.36. The summed E-state index contributed by atoms with van der Waals surface area (Å²) < 4.78 is 21.6. The lowest BCUT2D eigenvalue weighted by Gasteiger charge is -2.35. The number of aromatic nitrogens is 2. The molecular weight excluding hydrogens is 405 g/mol. The highest BCUT2D eigenvalue weighted by Crippen LogP contribution is 2.27. The number of ether oxygens (including phenoxy) is 1. The van der Waals surface area contributed by atoms with Gasteiger partial charge in [0.1, 0.15) is 17.0 Å². The van der Waals surface area contributed by atoms with Crippen LogP contribution in [0.2, 0.25) is 0 Å². The largest absolute Gasteiger partial charge is 0.444 e. The molecule has 8 heteroatoms. The van der Waals surface area contributed by atoms with Gasteiger partial charge in [-0.1, -0.05) is 18.2 Å². The summed E-state index contributed by atoms with van der Waals surface area (Å²) in [5.74, 6) is -0.477. The van der Waals surface area contributed by atoms with E-state index in [0.717, 1.165) is 16.6 Å². The molecule has 6 nitrogen and oxygen atoms in total. The zero-order chi connectivity index (χ0) is 22.1. The molecule has 1 unspecified atom stereocenters. The van der Waals surface area contributed by atoms with Gasteiger partial charge in [0.25, 0.3) is 0 Å². The second-order valence-corrected chi connectivity index (χ2v) is 8.80. The van der Waals surface area contributed by atoms with Crippen molar-refractivity contribution < 1.29 is 19.0 Å². The standard InChI is InChI=1S/C22H26FN3O3S/c1-14-8-9-18-17(10-14)24-19(30)26(18)12-22(13-27,15-6-5-7-16(23)11-15)25-20(28)29-21(2,3)4/h5-11,27H,12-13H2,1-4H3,(H,24,30)(H,25,28). The van der Waals surface area contributed by atoms with E-state index in [0.29, 0.717) is 10.3 Å². The van der Waals surface area contributed by atoms with Gasteiger partial charge in [-0.15, -0.1) is 0 Å². The fourth-order valence-corrected chi connectivity index (χ4v) is 3.65. The van der Waals surface area contributed by atoms with Crippen molar-refractivity contribution in [1.29, 1.82) is 0 Å². The smallest absolute Gasteiger partial charge is 0.408 e. The molecule has 2 aromatic carbocycles. The number of alkyl carbamates (subject to hydrolysis) is 1. The Balaban J connectivity index is 2.11. The Morgan fingerprint density at radius 2 is 2.00 bits per heavy atom. The summed E-state index contributed by atoms with van der Waals surface area (Å²) in [6.45, 7) is 6.79. The number of carbonyl (C=O) groups is 1. The van der Waals surface area contributed by atoms with Crippen molar-refractivity contribution in [2.24, 2.45) is 0 Å². The van der Waals surface area contributed by atoms with Crippen LogP contribution in [0.4, 0.5) is 9.18 Å². The molecule has 1 heterocycles. The lowest BCUT2D eigenvalue weighted by molar-refractivity contribution is 0.0369. The number of amides is 1. The van der Waals surface area contributed by atoms with Crippen LogP contribution in [0.25, 0.3) is 11.0 Å². The molecule has 3 N–H and O–H groups in total. The zero-order valence-corrected chi connectivity index (χ0v) is 18.3. The molecule has 0 aliphatic rings. The minimum atomic E-state index is -1.36. The average molecular weight is 432 g/mol. The van der Waals surface area contributed by atoms with Crippen molar-refractivity contribution in [3.63, 3.8) is 0 Å². The van der Waals surface area contributed by atoms with Gasteiger partial charge < -0.3 is 24.7 Å². The molecule has 0 fully saturated rings. The number of rotatable bonds is 5. The molecule has 0 bridgehead atoms. The van der Waals surface area contributed by atoms with E-state index in [9.17, 15) is 14.3 Å². The van der Waals surface area contributed by atoms with E-state index in [1.165, 1.54) is 18.2 Å². The number of halogens is 1. The van der Waals surface area contributed by atoms with Crippen molar-refractivity contribution in [3.8, 4) is 0 Å². The number of aryl methyl sites for hydroxylation is 1. The van der Waals surface area contributed by atoms with Crippen LogP contribution in [0.1, 0.15) is 31.9 Å². The summed E-state index contributed by atoms with van der Waals surface area (Å²) in [6, 6.07) is 11.6. The Bertz CT molecular complexity index is 1130. The maximum absolute atomic E-state index is 14.0. The van der Waals surface area contributed by atoms with Crippen LogP contribution in [-0.4, -0.2) is 33.0 Å². The minimum absolute atomic E-state index is 0.0775. The number of aliphatic hydroxyl groups excluding tert-OH is 1. The Kier molecular flexibility index (Phi) is 6.01. The molecule has 160 valence electrons. The Morgan fingerprint density at radius 1 is 1.27 bits per heavy atom. The second-order valence-electron chi connectivity index (χ2n) is 8.41. The molecule has 30 heavy (non-hydrogen) atoms. The first kappa shape index (κ1) is 22.0. The topological polar surface area (TPSA) is 79.3 Å². The molecule has 0 spiro atoms. The molecule has 1 atom stereocenters. The van der Waals surface area contributed by atoms with Crippen molar-refractivity contribution in [3.05, 3.63) is 64.2 Å². The van der Waals surface area contributed by atoms with Crippen LogP contribution in [0.15, 0.2) is 42.5 Å². The molecule has 0 radical (unpaired) electrons. The number of aliphatic hydroxyl groups is 1. The number of hydrogen-bond donors (Lipinski definition) is 3. The molecule has 0 aliphatic heterocycles. The number of hydrogen-bond acceptors (Lipinski definition) is 4. The molecule has 0 saturated carbocycles. The SMILES string of the molecule is Cc1ccc2c(c1)[nH]c(=S)n2CC(CO)(NC(=O)OC(C)(C)C)c1cccc(F)c1. The zero-order valence-electron chi connectivity index (χ0n) is 17.5. The fraction of sp³-hybridized carbons (Fsp3) is 0.364. The highest BCUT2D eigenvalue weighted by molar-refractivity contribution is 7.71. The van der Waals surface area contributed by atoms with Crippen LogP contribution in [0.3, 0.4) is 0 Å². The number of fused-ring (bicyclic) bond motifs is 1. The van der Waals surface area contributed by atoms with E-state index in [1.54, 1.807) is 31.4 Å². The summed E-state index contributed by atoms with van der Waals surface area (Å²) in [4.78, 5) is 15.8. The van der Waals surface area contributed by atoms with Crippen LogP contribution in [-0.2, 0) is 16.8 Å². The van der Waals surface area contributed by atoms with Gasteiger partial charge in [-0.05, 0) is 75.3 Å². The quantitative estimate of drug-likeness (QED) is 0.518. The van der Waals surface area contributed by atoms with E-state index in [2.05, 4.69) is 10.3 Å². The summed E-state index contributed by atoms with van der Waals surface area (Å²) in [5.41, 5.74) is 1.02. The maximum Gasteiger partial charge on any atom is 0.408 e. The molecule has 3 rings (SSSR count). The van der Waals surface area contributed by atoms with E-state index < -0.39 is 29.7 Å². The van der Waals surface area contributed by atoms with Crippen LogP contribution >= 0.6 is 12.2 Å². The monoisotopic (exact) mass is 431 g/mol. The van der Waals surface area contributed by atoms with Gasteiger partial charge in [0.15, 0.2) is 4.77 Å². The molecule has 0 aliphatic carbocycles. The molecule has 3 aromatic rings. The lowest BCUT2D eigenvalue weighted by Crippen LogP contribution is -2.53. The van der Waals surface area contributed by atoms with Crippen molar-refractivity contribution in [2.75, 3.05) is 6.61 Å². The first-order valence-electron chi connectivity index (χ1n) is 9.60. The summed E-state index contributed by atoms with van der Waals surface area (Å²) in [5, 5.41) is 13.2. The van der Waals surface area contributed by atoms with Gasteiger partial charge in [0.2, 0.25) is 0 Å². The van der Waals surface area contributed by atoms with Gasteiger partial charge in [-0.25, -0.2) is 9.18 Å². The number of nitrogens with zero attached hydrogens (tertiary/aromatic N) is 1. The number of aromatic amines is 1. The van der Waals surface area contributed by atoms with Gasteiger partial charge in [0, 0.05) is 0 Å². The molecule has 1 aromatic heterocycles. The van der Waals surface area contributed by atoms with E-state index in [-0.39, 0.29) is 6.54 Å². The van der Waals surface area contributed by atoms with Crippen LogP contribution < -0.4 is 5.32 Å². The van der Waals surface area contributed by atoms with Gasteiger partial charge in [-0.2, -0.15) is 0 Å². The predicted octanol–water partition coefficient (Wildman–Crippen LogP) is 4.56. The molecule has 0 saturated heterocycles. The first-order valence-corrected chi connectivity index (χ1v) is 10.0. The molecule has 1 amide bonds. The van der Waals surface area contributed by atoms with E-state index in [4.69, 9.17) is 17.0 Å². The summed E-state index contributed by atoms with van der Waals surface area (Å²) >= 11 is 5.50. The second kappa shape index (κ2) is 8.20. The van der Waals surface area contributed by atoms with Crippen molar-refractivity contribution in [2.45, 2.75) is 45.4 Å². The van der Waals surface area contributed by atoms with E-state index in [1.807, 2.05) is 25.1 Å². The molecular formula is C22H26FN3O3S. The van der Waals surface area contributed by atoms with Gasteiger partial charge in [0.05, 0.1) is 24.2 Å². The van der Waals surface area contributed by atoms with Gasteiger partial charge >= 0.3 is 6.09 Å². The third-order valence-corrected chi connectivity index (χ3v) is 5.07. The van der Waals surface area contributed by atoms with Gasteiger partial charge in [-0.3, -0.25) is 0 Å². The number of benzene rings is 2. The number of nitrogens with one attached hydrogen (secondary N) is 2. The van der Waals surface area contributed by atoms with Crippen LogP contribution in [0, 0.1) is 17.5 Å². The normalized spacial score (nSPS) is 13.8. The summed E-state index contributed by atoms with van der Waals surface area (Å²) in [6.07, 6.45) is -0.719. The number of imidazole rings is 1. The lowest BCUT2D eigenvalue weighted by atomic mass is 9.90. The Labute approximate surface area is 179 Å². The Hall–Kier alpha value is -2.71. The predicted molar refractivity (Wildman–Crippen MR) is 116 cm³/mol. The third-order valence-electron chi connectivity index (χ3n) is 4.74. The minimum Gasteiger partial charge on any atom is -0.444 e. The average Bonchev–Trinajstić information content (AvgIpc) is 2.93.